The lowest BCUT2D eigenvalue weighted by molar-refractivity contribution is 0.248. The molecular formula is C23H27N7O. The van der Waals surface area contributed by atoms with Gasteiger partial charge in [-0.05, 0) is 43.2 Å². The fourth-order valence-corrected chi connectivity index (χ4v) is 4.42. The Morgan fingerprint density at radius 1 is 0.903 bits per heavy atom. The summed E-state index contributed by atoms with van der Waals surface area (Å²) in [6, 6.07) is 9.96. The average Bonchev–Trinajstić information content (AvgIpc) is 3.32. The molecule has 4 heterocycles. The van der Waals surface area contributed by atoms with Crippen LogP contribution in [0.1, 0.15) is 25.7 Å². The molecule has 0 radical (unpaired) electrons. The van der Waals surface area contributed by atoms with Crippen molar-refractivity contribution in [3.8, 4) is 0 Å². The fourth-order valence-electron chi connectivity index (χ4n) is 4.42. The number of piperazine rings is 1. The predicted molar refractivity (Wildman–Crippen MR) is 123 cm³/mol. The summed E-state index contributed by atoms with van der Waals surface area (Å²) in [6.07, 6.45) is 10.1. The Bertz CT molecular complexity index is 1040. The standard InChI is InChI=1S/C23H27N7O/c31-23(26-17-3-1-2-4-17)28-22-6-5-20-21(27-22)15-19(16-25-20)30-13-11-29(12-14-30)18-7-9-24-10-8-18/h5-10,15-17H,1-4,11-14H2,(H2,26,27,28,31). The van der Waals surface area contributed by atoms with Gasteiger partial charge in [0.15, 0.2) is 0 Å². The SMILES string of the molecule is O=C(Nc1ccc2ncc(N3CCN(c4ccncc4)CC3)cc2n1)NC1CCCC1. The first-order valence-corrected chi connectivity index (χ1v) is 11.0. The van der Waals surface area contributed by atoms with Crippen molar-refractivity contribution in [1.29, 1.82) is 0 Å². The summed E-state index contributed by atoms with van der Waals surface area (Å²) in [4.78, 5) is 30.3. The van der Waals surface area contributed by atoms with Crippen molar-refractivity contribution in [2.75, 3.05) is 41.3 Å². The molecule has 0 spiro atoms. The summed E-state index contributed by atoms with van der Waals surface area (Å²) in [5.41, 5.74) is 3.87. The number of hydrogen-bond donors (Lipinski definition) is 2. The average molecular weight is 418 g/mol. The van der Waals surface area contributed by atoms with E-state index in [1.54, 1.807) is 6.07 Å². The molecule has 2 aliphatic rings. The Morgan fingerprint density at radius 3 is 2.35 bits per heavy atom. The van der Waals surface area contributed by atoms with Crippen LogP contribution in [-0.4, -0.2) is 53.2 Å². The zero-order valence-corrected chi connectivity index (χ0v) is 17.5. The molecule has 1 aliphatic heterocycles. The first-order valence-electron chi connectivity index (χ1n) is 11.0. The summed E-state index contributed by atoms with van der Waals surface area (Å²) >= 11 is 0. The van der Waals surface area contributed by atoms with Gasteiger partial charge < -0.3 is 15.1 Å². The number of rotatable bonds is 4. The minimum absolute atomic E-state index is 0.185. The Labute approximate surface area is 181 Å². The summed E-state index contributed by atoms with van der Waals surface area (Å²) in [5.74, 6) is 0.546. The van der Waals surface area contributed by atoms with Crippen molar-refractivity contribution in [2.24, 2.45) is 0 Å². The number of carbonyl (C=O) groups is 1. The Morgan fingerprint density at radius 2 is 1.61 bits per heavy atom. The van der Waals surface area contributed by atoms with Crippen LogP contribution in [0.4, 0.5) is 22.0 Å². The van der Waals surface area contributed by atoms with Crippen LogP contribution < -0.4 is 20.4 Å². The van der Waals surface area contributed by atoms with E-state index in [2.05, 4.69) is 53.6 Å². The molecule has 1 aliphatic carbocycles. The topological polar surface area (TPSA) is 86.3 Å². The monoisotopic (exact) mass is 417 g/mol. The lowest BCUT2D eigenvalue weighted by Gasteiger charge is -2.37. The maximum absolute atomic E-state index is 12.3. The number of hydrogen-bond acceptors (Lipinski definition) is 6. The number of fused-ring (bicyclic) bond motifs is 1. The van der Waals surface area contributed by atoms with Crippen molar-refractivity contribution in [3.63, 3.8) is 0 Å². The van der Waals surface area contributed by atoms with Gasteiger partial charge in [0.2, 0.25) is 0 Å². The molecule has 3 aromatic rings. The minimum atomic E-state index is -0.185. The van der Waals surface area contributed by atoms with E-state index in [4.69, 9.17) is 0 Å². The molecule has 0 aromatic carbocycles. The number of carbonyl (C=O) groups excluding carboxylic acids is 1. The van der Waals surface area contributed by atoms with E-state index in [9.17, 15) is 4.79 Å². The smallest absolute Gasteiger partial charge is 0.320 e. The third-order valence-electron chi connectivity index (χ3n) is 6.13. The van der Waals surface area contributed by atoms with Crippen LogP contribution in [0.5, 0.6) is 0 Å². The van der Waals surface area contributed by atoms with Crippen LogP contribution in [0.25, 0.3) is 11.0 Å². The molecule has 3 aromatic heterocycles. The molecule has 31 heavy (non-hydrogen) atoms. The van der Waals surface area contributed by atoms with Crippen LogP contribution in [-0.2, 0) is 0 Å². The van der Waals surface area contributed by atoms with Gasteiger partial charge in [0.05, 0.1) is 22.9 Å². The van der Waals surface area contributed by atoms with E-state index in [0.29, 0.717) is 5.82 Å². The molecule has 0 unspecified atom stereocenters. The van der Waals surface area contributed by atoms with Crippen LogP contribution >= 0.6 is 0 Å². The molecule has 8 nitrogen and oxygen atoms in total. The molecule has 2 N–H and O–H groups in total. The summed E-state index contributed by atoms with van der Waals surface area (Å²) in [7, 11) is 0. The van der Waals surface area contributed by atoms with Gasteiger partial charge in [-0.2, -0.15) is 0 Å². The van der Waals surface area contributed by atoms with Gasteiger partial charge in [0, 0.05) is 50.3 Å². The van der Waals surface area contributed by atoms with Crippen molar-refractivity contribution in [2.45, 2.75) is 31.7 Å². The molecule has 8 heteroatoms. The third-order valence-corrected chi connectivity index (χ3v) is 6.13. The van der Waals surface area contributed by atoms with Crippen LogP contribution in [0.3, 0.4) is 0 Å². The highest BCUT2D eigenvalue weighted by atomic mass is 16.2. The number of pyridine rings is 3. The first-order chi connectivity index (χ1) is 15.2. The van der Waals surface area contributed by atoms with Gasteiger partial charge in [0.1, 0.15) is 5.82 Å². The second kappa shape index (κ2) is 8.75. The van der Waals surface area contributed by atoms with E-state index < -0.39 is 0 Å². The zero-order valence-electron chi connectivity index (χ0n) is 17.5. The quantitative estimate of drug-likeness (QED) is 0.677. The van der Waals surface area contributed by atoms with E-state index >= 15 is 0 Å². The van der Waals surface area contributed by atoms with E-state index in [1.165, 1.54) is 18.5 Å². The number of nitrogens with zero attached hydrogens (tertiary/aromatic N) is 5. The zero-order chi connectivity index (χ0) is 21.0. The molecule has 1 saturated heterocycles. The second-order valence-corrected chi connectivity index (χ2v) is 8.19. The van der Waals surface area contributed by atoms with Gasteiger partial charge in [-0.15, -0.1) is 0 Å². The van der Waals surface area contributed by atoms with E-state index in [1.807, 2.05) is 24.7 Å². The van der Waals surface area contributed by atoms with Gasteiger partial charge in [-0.3, -0.25) is 15.3 Å². The van der Waals surface area contributed by atoms with Gasteiger partial charge in [0.25, 0.3) is 0 Å². The Hall–Kier alpha value is -3.42. The molecular weight excluding hydrogens is 390 g/mol. The highest BCUT2D eigenvalue weighted by Crippen LogP contribution is 2.23. The molecule has 0 atom stereocenters. The second-order valence-electron chi connectivity index (χ2n) is 8.19. The lowest BCUT2D eigenvalue weighted by Crippen LogP contribution is -2.46. The minimum Gasteiger partial charge on any atom is -0.368 e. The number of aromatic nitrogens is 3. The van der Waals surface area contributed by atoms with Gasteiger partial charge in [-0.25, -0.2) is 9.78 Å². The number of urea groups is 1. The number of anilines is 3. The van der Waals surface area contributed by atoms with Crippen molar-refractivity contribution in [1.82, 2.24) is 20.3 Å². The summed E-state index contributed by atoms with van der Waals surface area (Å²) < 4.78 is 0. The van der Waals surface area contributed by atoms with E-state index in [-0.39, 0.29) is 12.1 Å². The fraction of sp³-hybridized carbons (Fsp3) is 0.391. The van der Waals surface area contributed by atoms with Crippen LogP contribution in [0, 0.1) is 0 Å². The number of amides is 2. The highest BCUT2D eigenvalue weighted by Gasteiger charge is 2.19. The molecule has 5 rings (SSSR count). The van der Waals surface area contributed by atoms with E-state index in [0.717, 1.165) is 55.7 Å². The third kappa shape index (κ3) is 4.52. The molecule has 160 valence electrons. The maximum atomic E-state index is 12.3. The van der Waals surface area contributed by atoms with Gasteiger partial charge >= 0.3 is 6.03 Å². The normalized spacial score (nSPS) is 17.2. The molecule has 2 amide bonds. The van der Waals surface area contributed by atoms with Crippen molar-refractivity contribution < 1.29 is 4.79 Å². The summed E-state index contributed by atoms with van der Waals surface area (Å²) in [5, 5.41) is 5.90. The van der Waals surface area contributed by atoms with Crippen molar-refractivity contribution >= 4 is 34.3 Å². The van der Waals surface area contributed by atoms with Crippen LogP contribution in [0.15, 0.2) is 48.9 Å². The Kier molecular flexibility index (Phi) is 5.52. The Balaban J connectivity index is 1.25. The largest absolute Gasteiger partial charge is 0.368 e. The molecule has 1 saturated carbocycles. The predicted octanol–water partition coefficient (Wildman–Crippen LogP) is 3.42. The molecule has 2 fully saturated rings. The first kappa shape index (κ1) is 19.5. The highest BCUT2D eigenvalue weighted by molar-refractivity contribution is 5.90. The van der Waals surface area contributed by atoms with Crippen molar-refractivity contribution in [3.05, 3.63) is 48.9 Å². The lowest BCUT2D eigenvalue weighted by atomic mass is 10.2. The van der Waals surface area contributed by atoms with Gasteiger partial charge in [-0.1, -0.05) is 12.8 Å². The molecule has 0 bridgehead atoms. The number of nitrogens with one attached hydrogen (secondary N) is 2. The maximum Gasteiger partial charge on any atom is 0.320 e. The summed E-state index contributed by atoms with van der Waals surface area (Å²) in [6.45, 7) is 3.71. The van der Waals surface area contributed by atoms with Crippen LogP contribution in [0.2, 0.25) is 0 Å².